The maximum absolute atomic E-state index is 15.6. The van der Waals surface area contributed by atoms with Crippen LogP contribution in [-0.4, -0.2) is 74.0 Å². The molecule has 1 amide bonds. The van der Waals surface area contributed by atoms with Gasteiger partial charge in [0.15, 0.2) is 23.1 Å². The number of benzene rings is 4. The quantitative estimate of drug-likeness (QED) is 0.128. The van der Waals surface area contributed by atoms with Gasteiger partial charge >= 0.3 is 0 Å². The molecule has 6 aromatic rings. The zero-order chi connectivity index (χ0) is 36.9. The molecule has 272 valence electrons. The van der Waals surface area contributed by atoms with Crippen LogP contribution >= 0.6 is 11.6 Å². The zero-order valence-corrected chi connectivity index (χ0v) is 29.8. The van der Waals surface area contributed by atoms with E-state index in [-0.39, 0.29) is 22.0 Å². The van der Waals surface area contributed by atoms with Crippen molar-refractivity contribution in [3.8, 4) is 34.4 Å². The number of fused-ring (bicyclic) bond motifs is 2. The van der Waals surface area contributed by atoms with Crippen molar-refractivity contribution >= 4 is 45.0 Å². The summed E-state index contributed by atoms with van der Waals surface area (Å²) in [7, 11) is 3.04. The van der Waals surface area contributed by atoms with Crippen LogP contribution in [0.25, 0.3) is 27.5 Å². The Morgan fingerprint density at radius 3 is 2.45 bits per heavy atom. The van der Waals surface area contributed by atoms with Crippen molar-refractivity contribution in [2.45, 2.75) is 6.42 Å². The number of hydrogen-bond acceptors (Lipinski definition) is 9. The van der Waals surface area contributed by atoms with Gasteiger partial charge in [0.1, 0.15) is 17.1 Å². The number of methoxy groups -OCH3 is 2. The third-order valence-corrected chi connectivity index (χ3v) is 9.34. The highest BCUT2D eigenvalue weighted by molar-refractivity contribution is 6.39. The Kier molecular flexibility index (Phi) is 10.7. The maximum Gasteiger partial charge on any atom is 0.270 e. The summed E-state index contributed by atoms with van der Waals surface area (Å²) in [4.78, 5) is 34.5. The van der Waals surface area contributed by atoms with Gasteiger partial charge in [-0.2, -0.15) is 0 Å². The monoisotopic (exact) mass is 738 g/mol. The zero-order valence-electron chi connectivity index (χ0n) is 29.1. The van der Waals surface area contributed by atoms with E-state index >= 15 is 4.39 Å². The number of anilines is 1. The number of para-hydroxylation sites is 3. The first-order valence-corrected chi connectivity index (χ1v) is 17.4. The van der Waals surface area contributed by atoms with Gasteiger partial charge in [-0.05, 0) is 48.9 Å². The van der Waals surface area contributed by atoms with Crippen LogP contribution in [-0.2, 0) is 4.74 Å². The second-order valence-corrected chi connectivity index (χ2v) is 12.6. The lowest BCUT2D eigenvalue weighted by Crippen LogP contribution is -2.37. The van der Waals surface area contributed by atoms with Gasteiger partial charge in [-0.25, -0.2) is 4.39 Å². The minimum atomic E-state index is -0.811. The maximum atomic E-state index is 15.6. The van der Waals surface area contributed by atoms with Crippen LogP contribution in [0.1, 0.15) is 16.8 Å². The first kappa shape index (κ1) is 35.7. The smallest absolute Gasteiger partial charge is 0.270 e. The Bertz CT molecular complexity index is 2360. The van der Waals surface area contributed by atoms with Gasteiger partial charge in [0.05, 0.1) is 55.8 Å². The molecule has 1 fully saturated rings. The molecule has 1 saturated heterocycles. The van der Waals surface area contributed by atoms with Crippen molar-refractivity contribution < 1.29 is 32.9 Å². The Labute approximate surface area is 309 Å². The number of nitrogens with one attached hydrogen (secondary N) is 1. The van der Waals surface area contributed by atoms with Crippen LogP contribution in [0.5, 0.6) is 28.7 Å². The van der Waals surface area contributed by atoms with Crippen molar-refractivity contribution in [2.24, 2.45) is 0 Å². The van der Waals surface area contributed by atoms with E-state index in [1.165, 1.54) is 23.8 Å². The number of carbonyl (C=O) groups is 1. The van der Waals surface area contributed by atoms with Crippen molar-refractivity contribution in [2.75, 3.05) is 59.0 Å². The standard InChI is InChI=1S/C40H36ClFN4O7/c1-49-34-11-6-5-10-31(34)46-30-9-4-3-8-26(30)38(41)37(40(46)48)39(47)44-25-12-13-33(28(42)22-25)53-32-14-15-43-29-24-36(35(50-2)23-27(29)32)52-19-7-16-45-17-20-51-21-18-45/h3-6,8-15,22-24H,7,16-21H2,1-2H3,(H,44,47). The highest BCUT2D eigenvalue weighted by atomic mass is 35.5. The molecule has 0 unspecified atom stereocenters. The topological polar surface area (TPSA) is 113 Å². The summed E-state index contributed by atoms with van der Waals surface area (Å²) >= 11 is 6.70. The lowest BCUT2D eigenvalue weighted by atomic mass is 10.1. The lowest BCUT2D eigenvalue weighted by Gasteiger charge is -2.26. The van der Waals surface area contributed by atoms with Crippen molar-refractivity contribution in [3.63, 3.8) is 0 Å². The summed E-state index contributed by atoms with van der Waals surface area (Å²) in [5, 5.41) is 3.65. The molecule has 53 heavy (non-hydrogen) atoms. The Balaban J connectivity index is 1.11. The molecule has 3 heterocycles. The number of rotatable bonds is 12. The molecule has 0 radical (unpaired) electrons. The molecule has 4 aromatic carbocycles. The SMILES string of the molecule is COc1cc2c(Oc3ccc(NC(=O)c4c(Cl)c5ccccc5n(-c5ccccc5OC)c4=O)cc3F)ccnc2cc1OCCCN1CCOCC1. The van der Waals surface area contributed by atoms with E-state index in [1.807, 2.05) is 0 Å². The molecule has 11 nitrogen and oxygen atoms in total. The number of nitrogens with zero attached hydrogens (tertiary/aromatic N) is 3. The molecule has 13 heteroatoms. The summed E-state index contributed by atoms with van der Waals surface area (Å²) < 4.78 is 45.6. The van der Waals surface area contributed by atoms with Gasteiger partial charge in [-0.1, -0.05) is 41.9 Å². The average Bonchev–Trinajstić information content (AvgIpc) is 3.18. The fourth-order valence-corrected chi connectivity index (χ4v) is 6.64. The Hall–Kier alpha value is -5.69. The van der Waals surface area contributed by atoms with E-state index in [0.29, 0.717) is 57.1 Å². The van der Waals surface area contributed by atoms with E-state index in [1.54, 1.807) is 80.0 Å². The number of aromatic nitrogens is 2. The number of morpholine rings is 1. The van der Waals surface area contributed by atoms with Gasteiger partial charge < -0.3 is 29.0 Å². The fraction of sp³-hybridized carbons (Fsp3) is 0.225. The van der Waals surface area contributed by atoms with E-state index in [4.69, 9.17) is 35.3 Å². The van der Waals surface area contributed by atoms with Crippen LogP contribution in [0, 0.1) is 5.82 Å². The van der Waals surface area contributed by atoms with E-state index in [0.717, 1.165) is 45.3 Å². The molecular formula is C40H36ClFN4O7. The van der Waals surface area contributed by atoms with Crippen molar-refractivity contribution in [1.82, 2.24) is 14.5 Å². The molecular weight excluding hydrogens is 703 g/mol. The van der Waals surface area contributed by atoms with Crippen LogP contribution < -0.4 is 29.8 Å². The molecule has 1 aliphatic heterocycles. The molecule has 0 atom stereocenters. The molecule has 2 aromatic heterocycles. The summed E-state index contributed by atoms with van der Waals surface area (Å²) in [6.45, 7) is 4.72. The fourth-order valence-electron chi connectivity index (χ4n) is 6.31. The Morgan fingerprint density at radius 2 is 1.66 bits per heavy atom. The van der Waals surface area contributed by atoms with Gasteiger partial charge in [0.2, 0.25) is 0 Å². The highest BCUT2D eigenvalue weighted by Crippen LogP contribution is 2.38. The lowest BCUT2D eigenvalue weighted by molar-refractivity contribution is 0.0357. The predicted octanol–water partition coefficient (Wildman–Crippen LogP) is 7.49. The van der Waals surface area contributed by atoms with Crippen LogP contribution in [0.4, 0.5) is 10.1 Å². The number of amides is 1. The first-order chi connectivity index (χ1) is 25.9. The molecule has 1 aliphatic rings. The second kappa shape index (κ2) is 15.9. The molecule has 0 spiro atoms. The van der Waals surface area contributed by atoms with Gasteiger partial charge in [-0.15, -0.1) is 0 Å². The number of carbonyl (C=O) groups excluding carboxylic acids is 1. The molecule has 7 rings (SSSR count). The molecule has 0 aliphatic carbocycles. The van der Waals surface area contributed by atoms with Crippen molar-refractivity contribution in [3.05, 3.63) is 118 Å². The number of ether oxygens (including phenoxy) is 5. The largest absolute Gasteiger partial charge is 0.495 e. The third-order valence-electron chi connectivity index (χ3n) is 8.95. The van der Waals surface area contributed by atoms with Crippen molar-refractivity contribution in [1.29, 1.82) is 0 Å². The summed E-state index contributed by atoms with van der Waals surface area (Å²) in [5.74, 6) is 0.125. The first-order valence-electron chi connectivity index (χ1n) is 17.0. The third kappa shape index (κ3) is 7.47. The van der Waals surface area contributed by atoms with Gasteiger partial charge in [0, 0.05) is 54.4 Å². The van der Waals surface area contributed by atoms with E-state index < -0.39 is 17.3 Å². The van der Waals surface area contributed by atoms with E-state index in [9.17, 15) is 9.59 Å². The highest BCUT2D eigenvalue weighted by Gasteiger charge is 2.24. The second-order valence-electron chi connectivity index (χ2n) is 12.2. The molecule has 0 bridgehead atoms. The average molecular weight is 739 g/mol. The number of pyridine rings is 2. The minimum Gasteiger partial charge on any atom is -0.495 e. The Morgan fingerprint density at radius 1 is 0.887 bits per heavy atom. The minimum absolute atomic E-state index is 0.0313. The normalized spacial score (nSPS) is 13.2. The number of hydrogen-bond donors (Lipinski definition) is 1. The van der Waals surface area contributed by atoms with Crippen LogP contribution in [0.3, 0.4) is 0 Å². The van der Waals surface area contributed by atoms with E-state index in [2.05, 4.69) is 15.2 Å². The number of halogens is 2. The predicted molar refractivity (Wildman–Crippen MR) is 201 cm³/mol. The summed E-state index contributed by atoms with van der Waals surface area (Å²) in [6.07, 6.45) is 2.40. The van der Waals surface area contributed by atoms with Gasteiger partial charge in [-0.3, -0.25) is 24.0 Å². The summed E-state index contributed by atoms with van der Waals surface area (Å²) in [6, 6.07) is 23.0. The molecule has 1 N–H and O–H groups in total. The van der Waals surface area contributed by atoms with Gasteiger partial charge in [0.25, 0.3) is 11.5 Å². The van der Waals surface area contributed by atoms with Crippen LogP contribution in [0.15, 0.2) is 95.9 Å². The molecule has 0 saturated carbocycles. The summed E-state index contributed by atoms with van der Waals surface area (Å²) in [5.41, 5.74) is 0.595. The van der Waals surface area contributed by atoms with Crippen LogP contribution in [0.2, 0.25) is 5.02 Å².